The third kappa shape index (κ3) is 3.20. The largest absolute Gasteiger partial charge is 0.130 e. The van der Waals surface area contributed by atoms with Crippen LogP contribution in [0.3, 0.4) is 0 Å². The molecule has 0 saturated heterocycles. The Kier molecular flexibility index (Phi) is 4.84. The van der Waals surface area contributed by atoms with Crippen LogP contribution >= 0.6 is 78.0 Å². The van der Waals surface area contributed by atoms with Gasteiger partial charge in [-0.1, -0.05) is 39.1 Å². The average Bonchev–Trinajstić information content (AvgIpc) is 2.62. The van der Waals surface area contributed by atoms with Crippen molar-refractivity contribution in [3.8, 4) is 0 Å². The third-order valence-electron chi connectivity index (χ3n) is 2.15. The summed E-state index contributed by atoms with van der Waals surface area (Å²) < 4.78 is 1.82. The first-order chi connectivity index (χ1) is 7.99. The summed E-state index contributed by atoms with van der Waals surface area (Å²) >= 11 is 26.8. The minimum atomic E-state index is -0.267. The molecule has 0 amide bonds. The molecule has 0 bridgehead atoms. The maximum absolute atomic E-state index is 6.44. The van der Waals surface area contributed by atoms with Crippen molar-refractivity contribution in [1.82, 2.24) is 0 Å². The van der Waals surface area contributed by atoms with Crippen molar-refractivity contribution < 1.29 is 0 Å². The van der Waals surface area contributed by atoms with E-state index in [2.05, 4.69) is 31.9 Å². The molecule has 1 aromatic carbocycles. The van der Waals surface area contributed by atoms with Gasteiger partial charge >= 0.3 is 0 Å². The molecule has 1 aromatic heterocycles. The number of hydrogen-bond donors (Lipinski definition) is 0. The second kappa shape index (κ2) is 5.81. The Bertz CT molecular complexity index is 534. The Morgan fingerprint density at radius 3 is 2.41 bits per heavy atom. The van der Waals surface area contributed by atoms with Crippen LogP contribution in [-0.2, 0) is 0 Å². The van der Waals surface area contributed by atoms with Gasteiger partial charge in [0.05, 0.1) is 14.2 Å². The maximum atomic E-state index is 6.44. The van der Waals surface area contributed by atoms with Crippen LogP contribution < -0.4 is 0 Å². The Morgan fingerprint density at radius 2 is 1.82 bits per heavy atom. The molecule has 0 aliphatic rings. The van der Waals surface area contributed by atoms with Crippen LogP contribution in [0.25, 0.3) is 0 Å². The zero-order valence-corrected chi connectivity index (χ0v) is 14.4. The highest BCUT2D eigenvalue weighted by molar-refractivity contribution is 9.11. The van der Waals surface area contributed by atoms with Gasteiger partial charge in [0.2, 0.25) is 0 Å². The zero-order valence-electron chi connectivity index (χ0n) is 8.18. The van der Waals surface area contributed by atoms with Gasteiger partial charge in [-0.2, -0.15) is 0 Å². The van der Waals surface area contributed by atoms with E-state index in [9.17, 15) is 0 Å². The lowest BCUT2D eigenvalue weighted by Crippen LogP contribution is -1.91. The van der Waals surface area contributed by atoms with E-state index in [1.54, 1.807) is 0 Å². The van der Waals surface area contributed by atoms with Gasteiger partial charge in [-0.3, -0.25) is 0 Å². The van der Waals surface area contributed by atoms with Crippen molar-refractivity contribution in [2.75, 3.05) is 0 Å². The molecule has 2 aromatic rings. The second-order valence-corrected chi connectivity index (χ2v) is 7.83. The van der Waals surface area contributed by atoms with Crippen molar-refractivity contribution in [3.05, 3.63) is 53.0 Å². The average molecular weight is 435 g/mol. The van der Waals surface area contributed by atoms with E-state index in [0.29, 0.717) is 10.0 Å². The fourth-order valence-corrected chi connectivity index (χ4v) is 4.26. The Labute approximate surface area is 135 Å². The van der Waals surface area contributed by atoms with Crippen molar-refractivity contribution >= 4 is 78.0 Å². The van der Waals surface area contributed by atoms with Gasteiger partial charge in [0.1, 0.15) is 0 Å². The highest BCUT2D eigenvalue weighted by Crippen LogP contribution is 2.42. The van der Waals surface area contributed by atoms with Crippen LogP contribution in [-0.4, -0.2) is 0 Å². The molecule has 6 heteroatoms. The summed E-state index contributed by atoms with van der Waals surface area (Å²) in [7, 11) is 0. The number of rotatable bonds is 2. The summed E-state index contributed by atoms with van der Waals surface area (Å²) in [6.07, 6.45) is 0. The highest BCUT2D eigenvalue weighted by atomic mass is 79.9. The molecule has 0 nitrogen and oxygen atoms in total. The molecule has 90 valence electrons. The number of halogens is 5. The Balaban J connectivity index is 2.42. The van der Waals surface area contributed by atoms with E-state index in [1.165, 1.54) is 11.3 Å². The molecule has 1 heterocycles. The number of alkyl halides is 1. The zero-order chi connectivity index (χ0) is 12.6. The van der Waals surface area contributed by atoms with Crippen LogP contribution in [0.2, 0.25) is 10.0 Å². The van der Waals surface area contributed by atoms with E-state index in [4.69, 9.17) is 34.8 Å². The molecular weight excluding hydrogens is 430 g/mol. The summed E-state index contributed by atoms with van der Waals surface area (Å²) in [5, 5.41) is 1.07. The second-order valence-electron chi connectivity index (χ2n) is 3.30. The van der Waals surface area contributed by atoms with E-state index >= 15 is 0 Å². The first kappa shape index (κ1) is 14.2. The molecule has 1 unspecified atom stereocenters. The smallest absolute Gasteiger partial charge is 0.0940 e. The van der Waals surface area contributed by atoms with Crippen molar-refractivity contribution in [2.24, 2.45) is 0 Å². The molecule has 2 rings (SSSR count). The summed E-state index contributed by atoms with van der Waals surface area (Å²) in [6, 6.07) is 7.42. The SMILES string of the molecule is Clc1ccc(Br)c(C(Cl)c2cc(Cl)c(Br)s2)c1. The van der Waals surface area contributed by atoms with Gasteiger partial charge in [-0.15, -0.1) is 22.9 Å². The predicted molar refractivity (Wildman–Crippen MR) is 83.9 cm³/mol. The number of hydrogen-bond acceptors (Lipinski definition) is 1. The summed E-state index contributed by atoms with van der Waals surface area (Å²) in [5.74, 6) is 0. The van der Waals surface area contributed by atoms with Crippen LogP contribution in [0.1, 0.15) is 15.8 Å². The molecule has 0 N–H and O–H groups in total. The fraction of sp³-hybridized carbons (Fsp3) is 0.0909. The molecule has 1 atom stereocenters. The standard InChI is InChI=1S/C11H5Br2Cl3S/c12-7-2-1-5(14)3-6(7)10(16)9-4-8(15)11(13)17-9/h1-4,10H. The van der Waals surface area contributed by atoms with Crippen molar-refractivity contribution in [3.63, 3.8) is 0 Å². The van der Waals surface area contributed by atoms with E-state index in [-0.39, 0.29) is 5.38 Å². The summed E-state index contributed by atoms with van der Waals surface area (Å²) in [4.78, 5) is 0.978. The van der Waals surface area contributed by atoms with Gasteiger partial charge in [0.15, 0.2) is 0 Å². The van der Waals surface area contributed by atoms with Crippen LogP contribution in [0, 0.1) is 0 Å². The Hall–Kier alpha value is 0.750. The van der Waals surface area contributed by atoms with Crippen LogP contribution in [0.5, 0.6) is 0 Å². The molecule has 0 aliphatic heterocycles. The monoisotopic (exact) mass is 432 g/mol. The van der Waals surface area contributed by atoms with E-state index in [0.717, 1.165) is 18.7 Å². The topological polar surface area (TPSA) is 0 Å². The van der Waals surface area contributed by atoms with Crippen LogP contribution in [0.4, 0.5) is 0 Å². The van der Waals surface area contributed by atoms with Gasteiger partial charge < -0.3 is 0 Å². The summed E-state index contributed by atoms with van der Waals surface area (Å²) in [6.45, 7) is 0. The first-order valence-corrected chi connectivity index (χ1v) is 8.12. The number of benzene rings is 1. The quantitative estimate of drug-likeness (QED) is 0.450. The predicted octanol–water partition coefficient (Wildman–Crippen LogP) is 6.91. The van der Waals surface area contributed by atoms with E-state index in [1.807, 2.05) is 24.3 Å². The molecule has 0 spiro atoms. The Morgan fingerprint density at radius 1 is 1.12 bits per heavy atom. The molecule has 0 fully saturated rings. The molecule has 0 aliphatic carbocycles. The normalized spacial score (nSPS) is 12.8. The van der Waals surface area contributed by atoms with Gasteiger partial charge in [0, 0.05) is 14.4 Å². The fourth-order valence-electron chi connectivity index (χ4n) is 1.35. The van der Waals surface area contributed by atoms with Crippen LogP contribution in [0.15, 0.2) is 32.5 Å². The lowest BCUT2D eigenvalue weighted by Gasteiger charge is -2.10. The number of thiophene rings is 1. The van der Waals surface area contributed by atoms with Crippen molar-refractivity contribution in [1.29, 1.82) is 0 Å². The van der Waals surface area contributed by atoms with E-state index < -0.39 is 0 Å². The minimum absolute atomic E-state index is 0.267. The highest BCUT2D eigenvalue weighted by Gasteiger charge is 2.18. The minimum Gasteiger partial charge on any atom is -0.130 e. The van der Waals surface area contributed by atoms with Crippen molar-refractivity contribution in [2.45, 2.75) is 5.38 Å². The lowest BCUT2D eigenvalue weighted by molar-refractivity contribution is 1.17. The molecular formula is C11H5Br2Cl3S. The molecule has 0 radical (unpaired) electrons. The maximum Gasteiger partial charge on any atom is 0.0940 e. The molecule has 0 saturated carbocycles. The van der Waals surface area contributed by atoms with Gasteiger partial charge in [-0.05, 0) is 45.8 Å². The third-order valence-corrected chi connectivity index (χ3v) is 6.24. The first-order valence-electron chi connectivity index (χ1n) is 4.53. The summed E-state index contributed by atoms with van der Waals surface area (Å²) in [5.41, 5.74) is 0.935. The lowest BCUT2D eigenvalue weighted by atomic mass is 10.1. The van der Waals surface area contributed by atoms with Gasteiger partial charge in [-0.25, -0.2) is 0 Å². The molecule has 17 heavy (non-hydrogen) atoms. The van der Waals surface area contributed by atoms with Gasteiger partial charge in [0.25, 0.3) is 0 Å².